The number of benzene rings is 2. The normalized spacial score (nSPS) is 12.0. The van der Waals surface area contributed by atoms with E-state index in [-0.39, 0.29) is 4.90 Å². The molecule has 0 atom stereocenters. The van der Waals surface area contributed by atoms with Crippen LogP contribution in [0.2, 0.25) is 0 Å². The molecule has 0 radical (unpaired) electrons. The summed E-state index contributed by atoms with van der Waals surface area (Å²) < 4.78 is 32.9. The molecule has 3 nitrogen and oxygen atoms in total. The summed E-state index contributed by atoms with van der Waals surface area (Å²) in [7, 11) is -4.19. The van der Waals surface area contributed by atoms with E-state index in [9.17, 15) is 13.0 Å². The molecule has 4 heteroatoms. The van der Waals surface area contributed by atoms with Crippen LogP contribution in [0, 0.1) is 0 Å². The minimum absolute atomic E-state index is 0.0101. The summed E-state index contributed by atoms with van der Waals surface area (Å²) in [5.74, 6) is 0. The van der Waals surface area contributed by atoms with Crippen LogP contribution in [0.25, 0.3) is 10.8 Å². The zero-order valence-corrected chi connectivity index (χ0v) is 18.4. The number of fused-ring (bicyclic) bond motifs is 1. The highest BCUT2D eigenvalue weighted by atomic mass is 32.2. The second kappa shape index (κ2) is 11.6. The summed E-state index contributed by atoms with van der Waals surface area (Å²) in [5, 5.41) is 2.03. The van der Waals surface area contributed by atoms with Crippen LogP contribution in [0.15, 0.2) is 35.2 Å². The van der Waals surface area contributed by atoms with Gasteiger partial charge in [0.1, 0.15) is 0 Å². The zero-order chi connectivity index (χ0) is 20.4. The number of hydrogen-bond donors (Lipinski definition) is 1. The SMILES string of the molecule is CCCCCCCc1ccc2cc(S(=O)(=O)O)cc(CCCCCCC)c2c1. The van der Waals surface area contributed by atoms with E-state index in [0.717, 1.165) is 42.0 Å². The quantitative estimate of drug-likeness (QED) is 0.286. The van der Waals surface area contributed by atoms with Crippen molar-refractivity contribution >= 4 is 20.9 Å². The maximum atomic E-state index is 11.7. The first-order valence-electron chi connectivity index (χ1n) is 11.0. The molecule has 0 amide bonds. The molecule has 1 N–H and O–H groups in total. The van der Waals surface area contributed by atoms with Crippen molar-refractivity contribution in [3.8, 4) is 0 Å². The molecule has 2 rings (SSSR count). The van der Waals surface area contributed by atoms with Gasteiger partial charge in [-0.15, -0.1) is 0 Å². The van der Waals surface area contributed by atoms with Crippen molar-refractivity contribution in [1.29, 1.82) is 0 Å². The third-order valence-electron chi connectivity index (χ3n) is 5.49. The molecule has 156 valence electrons. The van der Waals surface area contributed by atoms with Crippen molar-refractivity contribution in [2.24, 2.45) is 0 Å². The van der Waals surface area contributed by atoms with Crippen LogP contribution in [-0.2, 0) is 23.0 Å². The van der Waals surface area contributed by atoms with Gasteiger partial charge in [-0.05, 0) is 59.7 Å². The Balaban J connectivity index is 2.20. The van der Waals surface area contributed by atoms with Crippen LogP contribution in [0.5, 0.6) is 0 Å². The van der Waals surface area contributed by atoms with Gasteiger partial charge in [0.05, 0.1) is 4.90 Å². The minimum Gasteiger partial charge on any atom is -0.282 e. The fourth-order valence-corrected chi connectivity index (χ4v) is 4.38. The second-order valence-corrected chi connectivity index (χ2v) is 9.36. The molecule has 0 aliphatic carbocycles. The highest BCUT2D eigenvalue weighted by molar-refractivity contribution is 7.85. The molecule has 0 saturated carbocycles. The van der Waals surface area contributed by atoms with Gasteiger partial charge >= 0.3 is 0 Å². The van der Waals surface area contributed by atoms with Crippen molar-refractivity contribution < 1.29 is 13.0 Å². The van der Waals surface area contributed by atoms with Gasteiger partial charge < -0.3 is 0 Å². The second-order valence-electron chi connectivity index (χ2n) is 7.94. The summed E-state index contributed by atoms with van der Waals surface area (Å²) in [6.07, 6.45) is 14.1. The van der Waals surface area contributed by atoms with E-state index in [1.165, 1.54) is 56.9 Å². The van der Waals surface area contributed by atoms with Gasteiger partial charge in [0, 0.05) is 0 Å². The first-order valence-corrected chi connectivity index (χ1v) is 12.4. The Morgan fingerprint density at radius 3 is 1.96 bits per heavy atom. The van der Waals surface area contributed by atoms with Crippen LogP contribution in [-0.4, -0.2) is 13.0 Å². The summed E-state index contributed by atoms with van der Waals surface area (Å²) in [5.41, 5.74) is 2.35. The number of aryl methyl sites for hydroxylation is 2. The average molecular weight is 405 g/mol. The van der Waals surface area contributed by atoms with Crippen molar-refractivity contribution in [3.05, 3.63) is 41.5 Å². The molecule has 2 aromatic carbocycles. The molecule has 0 saturated heterocycles. The number of rotatable bonds is 13. The molecular weight excluding hydrogens is 368 g/mol. The Hall–Kier alpha value is -1.39. The van der Waals surface area contributed by atoms with E-state index >= 15 is 0 Å². The largest absolute Gasteiger partial charge is 0.294 e. The lowest BCUT2D eigenvalue weighted by Gasteiger charge is -2.11. The van der Waals surface area contributed by atoms with E-state index < -0.39 is 10.1 Å². The standard InChI is InChI=1S/C24H36O3S/c1-3-5-7-9-11-13-20-15-16-22-19-23(28(25,26)27)18-21(24(22)17-20)14-12-10-8-6-4-2/h15-19H,3-14H2,1-2H3,(H,25,26,27). The molecule has 0 aromatic heterocycles. The predicted octanol–water partition coefficient (Wildman–Crippen LogP) is 7.11. The highest BCUT2D eigenvalue weighted by Gasteiger charge is 2.14. The molecular formula is C24H36O3S. The van der Waals surface area contributed by atoms with Crippen LogP contribution in [0.1, 0.15) is 89.2 Å². The van der Waals surface area contributed by atoms with Crippen LogP contribution < -0.4 is 0 Å². The first-order chi connectivity index (χ1) is 13.5. The van der Waals surface area contributed by atoms with Gasteiger partial charge in [0.15, 0.2) is 0 Å². The van der Waals surface area contributed by atoms with Gasteiger partial charge in [-0.3, -0.25) is 4.55 Å². The van der Waals surface area contributed by atoms with E-state index in [4.69, 9.17) is 0 Å². The van der Waals surface area contributed by atoms with Crippen molar-refractivity contribution in [3.63, 3.8) is 0 Å². The maximum absolute atomic E-state index is 11.7. The van der Waals surface area contributed by atoms with Crippen molar-refractivity contribution in [2.45, 2.75) is 95.8 Å². The summed E-state index contributed by atoms with van der Waals surface area (Å²) in [6, 6.07) is 9.59. The molecule has 0 bridgehead atoms. The lowest BCUT2D eigenvalue weighted by atomic mass is 9.96. The molecule has 28 heavy (non-hydrogen) atoms. The van der Waals surface area contributed by atoms with Crippen LogP contribution in [0.4, 0.5) is 0 Å². The fourth-order valence-electron chi connectivity index (χ4n) is 3.81. The molecule has 0 unspecified atom stereocenters. The Bertz CT molecular complexity index is 840. The first kappa shape index (κ1) is 22.9. The van der Waals surface area contributed by atoms with Crippen molar-refractivity contribution in [2.75, 3.05) is 0 Å². The Morgan fingerprint density at radius 1 is 0.750 bits per heavy atom. The molecule has 0 heterocycles. The van der Waals surface area contributed by atoms with Gasteiger partial charge in [0.2, 0.25) is 0 Å². The number of unbranched alkanes of at least 4 members (excludes halogenated alkanes) is 8. The zero-order valence-electron chi connectivity index (χ0n) is 17.5. The van der Waals surface area contributed by atoms with Crippen LogP contribution >= 0.6 is 0 Å². The fraction of sp³-hybridized carbons (Fsp3) is 0.583. The van der Waals surface area contributed by atoms with E-state index in [0.29, 0.717) is 0 Å². The molecule has 0 aliphatic rings. The minimum atomic E-state index is -4.19. The van der Waals surface area contributed by atoms with E-state index in [2.05, 4.69) is 26.0 Å². The Morgan fingerprint density at radius 2 is 1.36 bits per heavy atom. The van der Waals surface area contributed by atoms with Gasteiger partial charge in [-0.1, -0.05) is 83.4 Å². The Labute approximate surface area is 171 Å². The third kappa shape index (κ3) is 7.21. The highest BCUT2D eigenvalue weighted by Crippen LogP contribution is 2.27. The smallest absolute Gasteiger partial charge is 0.282 e. The van der Waals surface area contributed by atoms with Crippen molar-refractivity contribution in [1.82, 2.24) is 0 Å². The van der Waals surface area contributed by atoms with Gasteiger partial charge in [-0.25, -0.2) is 0 Å². The van der Waals surface area contributed by atoms with Gasteiger partial charge in [0.25, 0.3) is 10.1 Å². The van der Waals surface area contributed by atoms with E-state index in [1.54, 1.807) is 12.1 Å². The predicted molar refractivity (Wildman–Crippen MR) is 119 cm³/mol. The van der Waals surface area contributed by atoms with E-state index in [1.807, 2.05) is 6.07 Å². The third-order valence-corrected chi connectivity index (χ3v) is 6.33. The summed E-state index contributed by atoms with van der Waals surface area (Å²) in [6.45, 7) is 4.43. The average Bonchev–Trinajstić information content (AvgIpc) is 2.66. The van der Waals surface area contributed by atoms with Gasteiger partial charge in [-0.2, -0.15) is 8.42 Å². The lowest BCUT2D eigenvalue weighted by Crippen LogP contribution is -2.01. The Kier molecular flexibility index (Phi) is 9.46. The topological polar surface area (TPSA) is 54.4 Å². The summed E-state index contributed by atoms with van der Waals surface area (Å²) >= 11 is 0. The molecule has 0 fully saturated rings. The molecule has 2 aromatic rings. The molecule has 0 aliphatic heterocycles. The lowest BCUT2D eigenvalue weighted by molar-refractivity contribution is 0.483. The van der Waals surface area contributed by atoms with Crippen LogP contribution in [0.3, 0.4) is 0 Å². The maximum Gasteiger partial charge on any atom is 0.294 e. The number of hydrogen-bond acceptors (Lipinski definition) is 2. The summed E-state index contributed by atoms with van der Waals surface area (Å²) in [4.78, 5) is 0.0101. The molecule has 0 spiro atoms. The monoisotopic (exact) mass is 404 g/mol.